The molecule has 0 spiro atoms. The summed E-state index contributed by atoms with van der Waals surface area (Å²) in [5.41, 5.74) is -2.44. The van der Waals surface area contributed by atoms with E-state index in [0.29, 0.717) is 32.1 Å². The lowest BCUT2D eigenvalue weighted by atomic mass is 10.0. The van der Waals surface area contributed by atoms with Crippen LogP contribution in [0.2, 0.25) is 0 Å². The lowest BCUT2D eigenvalue weighted by molar-refractivity contribution is -0.129. The van der Waals surface area contributed by atoms with E-state index in [1.807, 2.05) is 0 Å². The molecule has 0 radical (unpaired) electrons. The number of hydrogen-bond acceptors (Lipinski definition) is 9. The molecular formula is C29H39FN6O6S. The Balaban J connectivity index is 0.000000765. The van der Waals surface area contributed by atoms with Crippen molar-refractivity contribution >= 4 is 27.5 Å². The molecule has 3 aromatic heterocycles. The number of rotatable bonds is 9. The summed E-state index contributed by atoms with van der Waals surface area (Å²) in [6.07, 6.45) is 3.29. The summed E-state index contributed by atoms with van der Waals surface area (Å²) in [7, 11) is 1.49. The average molecular weight is 619 g/mol. The second-order valence-corrected chi connectivity index (χ2v) is 12.4. The standard InChI is InChI=1S/C25H29FN6O4S.C4H10O2/c1-14(2)29-23(34)25(4,5)31-20(33)19-15(3)21(32-27-10-11-28-32)37-22(19)30(24(31)35)12-9-16-13-17(26)7-8-18(16)36-6;1-4(2,6)3-5/h7-8,10-11,13-14H,9,12H2,1-6H3,(H,29,34);5-6H,3H2,1-2H3. The van der Waals surface area contributed by atoms with Crippen LogP contribution in [0.4, 0.5) is 4.39 Å². The second-order valence-electron chi connectivity index (χ2n) is 11.5. The number of aryl methyl sites for hydroxylation is 3. The molecule has 12 nitrogen and oxygen atoms in total. The molecule has 0 unspecified atom stereocenters. The molecule has 0 fully saturated rings. The molecule has 3 heterocycles. The summed E-state index contributed by atoms with van der Waals surface area (Å²) in [6.45, 7) is 11.5. The number of benzene rings is 1. The average Bonchev–Trinajstić information content (AvgIpc) is 3.56. The van der Waals surface area contributed by atoms with E-state index in [9.17, 15) is 18.8 Å². The van der Waals surface area contributed by atoms with Crippen molar-refractivity contribution < 1.29 is 24.1 Å². The number of methoxy groups -OCH3 is 1. The predicted molar refractivity (Wildman–Crippen MR) is 163 cm³/mol. The van der Waals surface area contributed by atoms with Gasteiger partial charge in [0.25, 0.3) is 5.56 Å². The van der Waals surface area contributed by atoms with E-state index in [2.05, 4.69) is 15.5 Å². The van der Waals surface area contributed by atoms with Crippen LogP contribution < -0.4 is 21.3 Å². The number of fused-ring (bicyclic) bond motifs is 1. The Kier molecular flexibility index (Phi) is 10.3. The Labute approximate surface area is 252 Å². The molecule has 0 aliphatic rings. The lowest BCUT2D eigenvalue weighted by Crippen LogP contribution is -2.56. The molecule has 1 aromatic carbocycles. The number of amides is 1. The molecule has 1 amide bonds. The molecule has 234 valence electrons. The fraction of sp³-hybridized carbons (Fsp3) is 0.483. The minimum atomic E-state index is -1.48. The SMILES string of the molecule is CC(C)(O)CO.COc1ccc(F)cc1CCn1c(=O)n(C(C)(C)C(=O)NC(C)C)c(=O)c2c(C)c(-n3nccn3)sc21. The zero-order valence-corrected chi connectivity index (χ0v) is 26.5. The molecule has 0 atom stereocenters. The van der Waals surface area contributed by atoms with Gasteiger partial charge in [0.1, 0.15) is 26.9 Å². The van der Waals surface area contributed by atoms with Gasteiger partial charge >= 0.3 is 5.69 Å². The van der Waals surface area contributed by atoms with Crippen molar-refractivity contribution in [2.45, 2.75) is 78.6 Å². The van der Waals surface area contributed by atoms with Crippen LogP contribution in [0.1, 0.15) is 52.7 Å². The highest BCUT2D eigenvalue weighted by Gasteiger charge is 2.35. The molecule has 14 heteroatoms. The van der Waals surface area contributed by atoms with Crippen LogP contribution >= 0.6 is 11.3 Å². The number of aliphatic hydroxyl groups is 2. The first-order valence-electron chi connectivity index (χ1n) is 13.7. The van der Waals surface area contributed by atoms with Crippen molar-refractivity contribution in [1.82, 2.24) is 29.4 Å². The molecule has 0 bridgehead atoms. The molecular weight excluding hydrogens is 579 g/mol. The highest BCUT2D eigenvalue weighted by Crippen LogP contribution is 2.31. The van der Waals surface area contributed by atoms with Crippen LogP contribution in [0.25, 0.3) is 15.2 Å². The Morgan fingerprint density at radius 2 is 1.77 bits per heavy atom. The Hall–Kier alpha value is -3.88. The second kappa shape index (κ2) is 13.2. The van der Waals surface area contributed by atoms with E-state index < -0.39 is 34.1 Å². The number of halogens is 1. The molecule has 0 saturated carbocycles. The number of nitrogens with one attached hydrogen (secondary N) is 1. The van der Waals surface area contributed by atoms with Gasteiger partial charge in [-0.2, -0.15) is 10.2 Å². The van der Waals surface area contributed by atoms with Crippen LogP contribution in [0.5, 0.6) is 5.75 Å². The molecule has 4 aromatic rings. The number of carbonyl (C=O) groups is 1. The summed E-state index contributed by atoms with van der Waals surface area (Å²) in [5, 5.41) is 28.8. The largest absolute Gasteiger partial charge is 0.496 e. The fourth-order valence-electron chi connectivity index (χ4n) is 4.25. The number of aliphatic hydroxyl groups excluding tert-OH is 1. The molecule has 0 aliphatic carbocycles. The normalized spacial score (nSPS) is 11.9. The third-order valence-corrected chi connectivity index (χ3v) is 7.84. The smallest absolute Gasteiger partial charge is 0.333 e. The van der Waals surface area contributed by atoms with Gasteiger partial charge in [0.2, 0.25) is 5.91 Å². The third kappa shape index (κ3) is 7.37. The van der Waals surface area contributed by atoms with Crippen LogP contribution in [0.3, 0.4) is 0 Å². The van der Waals surface area contributed by atoms with E-state index in [4.69, 9.17) is 14.9 Å². The van der Waals surface area contributed by atoms with E-state index in [0.717, 1.165) is 4.57 Å². The number of hydrogen-bond donors (Lipinski definition) is 3. The molecule has 3 N–H and O–H groups in total. The minimum absolute atomic E-state index is 0.114. The van der Waals surface area contributed by atoms with Gasteiger partial charge in [-0.25, -0.2) is 13.8 Å². The lowest BCUT2D eigenvalue weighted by Gasteiger charge is -2.27. The number of aromatic nitrogens is 5. The Morgan fingerprint density at radius 1 is 1.16 bits per heavy atom. The summed E-state index contributed by atoms with van der Waals surface area (Å²) in [6, 6.07) is 4.00. The highest BCUT2D eigenvalue weighted by atomic mass is 32.1. The van der Waals surface area contributed by atoms with Crippen LogP contribution in [-0.2, 0) is 23.3 Å². The third-order valence-electron chi connectivity index (χ3n) is 6.56. The molecule has 0 saturated heterocycles. The van der Waals surface area contributed by atoms with Gasteiger partial charge in [-0.3, -0.25) is 14.2 Å². The maximum atomic E-state index is 14.0. The molecule has 43 heavy (non-hydrogen) atoms. The van der Waals surface area contributed by atoms with Gasteiger partial charge in [0.05, 0.1) is 37.1 Å². The van der Waals surface area contributed by atoms with Crippen molar-refractivity contribution in [3.63, 3.8) is 0 Å². The number of nitrogens with zero attached hydrogens (tertiary/aromatic N) is 5. The van der Waals surface area contributed by atoms with Crippen LogP contribution in [0, 0.1) is 12.7 Å². The van der Waals surface area contributed by atoms with Crippen molar-refractivity contribution in [3.8, 4) is 10.8 Å². The van der Waals surface area contributed by atoms with Crippen LogP contribution in [-0.4, -0.2) is 65.6 Å². The summed E-state index contributed by atoms with van der Waals surface area (Å²) in [5.74, 6) is -0.399. The maximum Gasteiger partial charge on any atom is 0.333 e. The minimum Gasteiger partial charge on any atom is -0.496 e. The first-order chi connectivity index (χ1) is 20.0. The Morgan fingerprint density at radius 3 is 2.30 bits per heavy atom. The number of ether oxygens (including phenoxy) is 1. The van der Waals surface area contributed by atoms with Gasteiger partial charge in [0, 0.05) is 18.2 Å². The summed E-state index contributed by atoms with van der Waals surface area (Å²) < 4.78 is 21.8. The number of carbonyl (C=O) groups excluding carboxylic acids is 1. The fourth-order valence-corrected chi connectivity index (χ4v) is 5.49. The van der Waals surface area contributed by atoms with E-state index >= 15 is 0 Å². The topological polar surface area (TPSA) is 154 Å². The van der Waals surface area contributed by atoms with Gasteiger partial charge < -0.3 is 20.3 Å². The van der Waals surface area contributed by atoms with Crippen molar-refractivity contribution in [2.75, 3.05) is 13.7 Å². The number of thiophene rings is 1. The zero-order chi connectivity index (χ0) is 32.3. The first-order valence-corrected chi connectivity index (χ1v) is 14.5. The monoisotopic (exact) mass is 618 g/mol. The molecule has 4 rings (SSSR count). The first kappa shape index (κ1) is 33.6. The van der Waals surface area contributed by atoms with Crippen molar-refractivity contribution in [2.24, 2.45) is 0 Å². The van der Waals surface area contributed by atoms with E-state index in [1.54, 1.807) is 34.6 Å². The van der Waals surface area contributed by atoms with Crippen molar-refractivity contribution in [3.05, 3.63) is 68.4 Å². The highest BCUT2D eigenvalue weighted by molar-refractivity contribution is 7.21. The zero-order valence-electron chi connectivity index (χ0n) is 25.6. The van der Waals surface area contributed by atoms with Crippen molar-refractivity contribution in [1.29, 1.82) is 0 Å². The maximum absolute atomic E-state index is 14.0. The summed E-state index contributed by atoms with van der Waals surface area (Å²) >= 11 is 1.20. The van der Waals surface area contributed by atoms with Gasteiger partial charge in [-0.15, -0.1) is 4.80 Å². The van der Waals surface area contributed by atoms with E-state index in [-0.39, 0.29) is 25.6 Å². The van der Waals surface area contributed by atoms with Crippen LogP contribution in [0.15, 0.2) is 40.2 Å². The van der Waals surface area contributed by atoms with E-state index in [1.165, 1.54) is 72.3 Å². The predicted octanol–water partition coefficient (Wildman–Crippen LogP) is 2.51. The summed E-state index contributed by atoms with van der Waals surface area (Å²) in [4.78, 5) is 42.6. The van der Waals surface area contributed by atoms with Gasteiger partial charge in [0.15, 0.2) is 0 Å². The quantitative estimate of drug-likeness (QED) is 0.259. The Bertz CT molecular complexity index is 1700. The van der Waals surface area contributed by atoms with Gasteiger partial charge in [-0.1, -0.05) is 11.3 Å². The van der Waals surface area contributed by atoms with Gasteiger partial charge in [-0.05, 0) is 78.6 Å². The molecule has 0 aliphatic heterocycles.